The molecule has 0 saturated heterocycles. The van der Waals surface area contributed by atoms with Gasteiger partial charge < -0.3 is 15.5 Å². The molecular weight excluding hydrogens is 260 g/mol. The topological polar surface area (TPSA) is 65.4 Å². The zero-order valence-corrected chi connectivity index (χ0v) is 11.8. The molecule has 0 aliphatic rings. The van der Waals surface area contributed by atoms with Gasteiger partial charge in [0.1, 0.15) is 11.5 Å². The Balaban J connectivity index is 1.97. The molecule has 0 saturated carbocycles. The summed E-state index contributed by atoms with van der Waals surface area (Å²) < 4.78 is 0. The average Bonchev–Trinajstić information content (AvgIpc) is 2.92. The molecule has 0 aliphatic carbocycles. The number of aromatic nitrogens is 1. The second-order valence-electron chi connectivity index (χ2n) is 4.64. The fourth-order valence-corrected chi connectivity index (χ4v) is 2.62. The molecule has 5 heteroatoms. The van der Waals surface area contributed by atoms with Gasteiger partial charge in [0.25, 0.3) is 0 Å². The van der Waals surface area contributed by atoms with Gasteiger partial charge in [0.2, 0.25) is 0 Å². The second-order valence-corrected chi connectivity index (χ2v) is 5.57. The van der Waals surface area contributed by atoms with Crippen molar-refractivity contribution in [3.8, 4) is 11.5 Å². The minimum absolute atomic E-state index is 0.0329. The molecular formula is C14H18N2O2S. The molecule has 2 aromatic rings. The Kier molecular flexibility index (Phi) is 4.39. The van der Waals surface area contributed by atoms with E-state index in [2.05, 4.69) is 17.2 Å². The van der Waals surface area contributed by atoms with Crippen LogP contribution in [0.2, 0.25) is 0 Å². The number of benzene rings is 1. The Labute approximate surface area is 116 Å². The first-order valence-electron chi connectivity index (χ1n) is 6.22. The van der Waals surface area contributed by atoms with Gasteiger partial charge in [0.15, 0.2) is 0 Å². The standard InChI is InChI=1S/C14H18N2O2S/c1-9(14-15-5-6-19-14)8-16-10(2)12-7-11(17)3-4-13(12)18/h3-7,9-10,16-18H,8H2,1-2H3. The van der Waals surface area contributed by atoms with E-state index in [1.165, 1.54) is 12.1 Å². The highest BCUT2D eigenvalue weighted by atomic mass is 32.1. The van der Waals surface area contributed by atoms with Crippen LogP contribution in [0.1, 0.15) is 36.4 Å². The number of thiazole rings is 1. The van der Waals surface area contributed by atoms with Crippen LogP contribution in [0, 0.1) is 0 Å². The minimum Gasteiger partial charge on any atom is -0.508 e. The Bertz CT molecular complexity index is 528. The van der Waals surface area contributed by atoms with E-state index in [0.717, 1.165) is 11.6 Å². The molecule has 1 aromatic carbocycles. The highest BCUT2D eigenvalue weighted by molar-refractivity contribution is 7.09. The summed E-state index contributed by atoms with van der Waals surface area (Å²) >= 11 is 1.64. The molecule has 0 aliphatic heterocycles. The van der Waals surface area contributed by atoms with Crippen molar-refractivity contribution in [1.82, 2.24) is 10.3 Å². The lowest BCUT2D eigenvalue weighted by molar-refractivity contribution is 0.438. The molecule has 0 radical (unpaired) electrons. The van der Waals surface area contributed by atoms with Crippen molar-refractivity contribution in [3.63, 3.8) is 0 Å². The first-order chi connectivity index (χ1) is 9.08. The zero-order chi connectivity index (χ0) is 13.8. The first-order valence-corrected chi connectivity index (χ1v) is 7.10. The van der Waals surface area contributed by atoms with Gasteiger partial charge in [-0.3, -0.25) is 0 Å². The highest BCUT2D eigenvalue weighted by Gasteiger charge is 2.14. The van der Waals surface area contributed by atoms with E-state index in [9.17, 15) is 10.2 Å². The molecule has 102 valence electrons. The Morgan fingerprint density at radius 2 is 2.11 bits per heavy atom. The van der Waals surface area contributed by atoms with E-state index in [-0.39, 0.29) is 17.5 Å². The lowest BCUT2D eigenvalue weighted by Gasteiger charge is -2.18. The SMILES string of the molecule is CC(CNC(C)c1cc(O)ccc1O)c1nccs1. The van der Waals surface area contributed by atoms with Crippen LogP contribution in [0.15, 0.2) is 29.8 Å². The van der Waals surface area contributed by atoms with Crippen LogP contribution in [0.5, 0.6) is 11.5 Å². The van der Waals surface area contributed by atoms with Gasteiger partial charge in [-0.1, -0.05) is 6.92 Å². The van der Waals surface area contributed by atoms with Crippen LogP contribution in [0.4, 0.5) is 0 Å². The summed E-state index contributed by atoms with van der Waals surface area (Å²) in [7, 11) is 0. The van der Waals surface area contributed by atoms with Crippen LogP contribution in [-0.2, 0) is 0 Å². The normalized spacial score (nSPS) is 14.2. The van der Waals surface area contributed by atoms with Crippen molar-refractivity contribution in [2.75, 3.05) is 6.54 Å². The second kappa shape index (κ2) is 6.04. The third kappa shape index (κ3) is 3.45. The molecule has 2 rings (SSSR count). The predicted molar refractivity (Wildman–Crippen MR) is 76.7 cm³/mol. The lowest BCUT2D eigenvalue weighted by Crippen LogP contribution is -2.23. The number of phenolic OH excluding ortho intramolecular Hbond substituents is 2. The van der Waals surface area contributed by atoms with E-state index >= 15 is 0 Å². The largest absolute Gasteiger partial charge is 0.508 e. The number of phenols is 2. The summed E-state index contributed by atoms with van der Waals surface area (Å²) in [6, 6.07) is 4.53. The Morgan fingerprint density at radius 1 is 1.32 bits per heavy atom. The van der Waals surface area contributed by atoms with E-state index < -0.39 is 0 Å². The maximum absolute atomic E-state index is 9.79. The minimum atomic E-state index is -0.0329. The molecule has 0 bridgehead atoms. The molecule has 2 atom stereocenters. The van der Waals surface area contributed by atoms with Gasteiger partial charge in [-0.05, 0) is 25.1 Å². The van der Waals surface area contributed by atoms with Gasteiger partial charge in [-0.2, -0.15) is 0 Å². The summed E-state index contributed by atoms with van der Waals surface area (Å²) in [6.45, 7) is 4.84. The van der Waals surface area contributed by atoms with Crippen molar-refractivity contribution in [2.24, 2.45) is 0 Å². The highest BCUT2D eigenvalue weighted by Crippen LogP contribution is 2.28. The Morgan fingerprint density at radius 3 is 2.79 bits per heavy atom. The number of nitrogens with zero attached hydrogens (tertiary/aromatic N) is 1. The van der Waals surface area contributed by atoms with Crippen molar-refractivity contribution in [2.45, 2.75) is 25.8 Å². The van der Waals surface area contributed by atoms with Gasteiger partial charge >= 0.3 is 0 Å². The molecule has 3 N–H and O–H groups in total. The van der Waals surface area contributed by atoms with Crippen LogP contribution in [0.25, 0.3) is 0 Å². The van der Waals surface area contributed by atoms with E-state index in [0.29, 0.717) is 11.5 Å². The molecule has 0 spiro atoms. The molecule has 19 heavy (non-hydrogen) atoms. The van der Waals surface area contributed by atoms with Crippen molar-refractivity contribution < 1.29 is 10.2 Å². The molecule has 0 amide bonds. The molecule has 1 heterocycles. The van der Waals surface area contributed by atoms with Gasteiger partial charge in [-0.25, -0.2) is 4.98 Å². The smallest absolute Gasteiger partial charge is 0.120 e. The van der Waals surface area contributed by atoms with Crippen LogP contribution in [0.3, 0.4) is 0 Å². The third-order valence-electron chi connectivity index (χ3n) is 3.08. The van der Waals surface area contributed by atoms with E-state index in [1.807, 2.05) is 12.3 Å². The molecule has 4 nitrogen and oxygen atoms in total. The molecule has 0 fully saturated rings. The molecule has 1 aromatic heterocycles. The zero-order valence-electron chi connectivity index (χ0n) is 11.0. The first kappa shape index (κ1) is 13.8. The fraction of sp³-hybridized carbons (Fsp3) is 0.357. The summed E-state index contributed by atoms with van der Waals surface area (Å²) in [4.78, 5) is 4.29. The number of rotatable bonds is 5. The fourth-order valence-electron chi connectivity index (χ4n) is 1.92. The van der Waals surface area contributed by atoms with Crippen molar-refractivity contribution in [3.05, 3.63) is 40.3 Å². The van der Waals surface area contributed by atoms with Crippen LogP contribution in [-0.4, -0.2) is 21.7 Å². The number of nitrogens with one attached hydrogen (secondary N) is 1. The van der Waals surface area contributed by atoms with Gasteiger partial charge in [-0.15, -0.1) is 11.3 Å². The number of hydrogen-bond donors (Lipinski definition) is 3. The maximum Gasteiger partial charge on any atom is 0.120 e. The van der Waals surface area contributed by atoms with Crippen molar-refractivity contribution >= 4 is 11.3 Å². The van der Waals surface area contributed by atoms with Crippen molar-refractivity contribution in [1.29, 1.82) is 0 Å². The quantitative estimate of drug-likeness (QED) is 0.736. The Hall–Kier alpha value is -1.59. The monoisotopic (exact) mass is 278 g/mol. The summed E-state index contributed by atoms with van der Waals surface area (Å²) in [5.74, 6) is 0.677. The summed E-state index contributed by atoms with van der Waals surface area (Å²) in [6.07, 6.45) is 1.81. The van der Waals surface area contributed by atoms with E-state index in [4.69, 9.17) is 0 Å². The van der Waals surface area contributed by atoms with Gasteiger partial charge in [0, 0.05) is 35.6 Å². The maximum atomic E-state index is 9.79. The number of hydrogen-bond acceptors (Lipinski definition) is 5. The average molecular weight is 278 g/mol. The third-order valence-corrected chi connectivity index (χ3v) is 4.09. The summed E-state index contributed by atoms with van der Waals surface area (Å²) in [5, 5.41) is 25.7. The lowest BCUT2D eigenvalue weighted by atomic mass is 10.1. The molecule has 2 unspecified atom stereocenters. The van der Waals surface area contributed by atoms with E-state index in [1.54, 1.807) is 23.6 Å². The van der Waals surface area contributed by atoms with Gasteiger partial charge in [0.05, 0.1) is 5.01 Å². The van der Waals surface area contributed by atoms with Crippen LogP contribution < -0.4 is 5.32 Å². The summed E-state index contributed by atoms with van der Waals surface area (Å²) in [5.41, 5.74) is 0.700. The predicted octanol–water partition coefficient (Wildman–Crippen LogP) is 3.01. The number of aromatic hydroxyl groups is 2. The van der Waals surface area contributed by atoms with Crippen LogP contribution >= 0.6 is 11.3 Å².